The van der Waals surface area contributed by atoms with E-state index in [1.165, 1.54) is 5.56 Å². The maximum Gasteiger partial charge on any atom is 0.253 e. The Morgan fingerprint density at radius 1 is 0.923 bits per heavy atom. The highest BCUT2D eigenvalue weighted by molar-refractivity contribution is 6.30. The number of hydrogen-bond acceptors (Lipinski definition) is 2. The Kier molecular flexibility index (Phi) is 5.94. The van der Waals surface area contributed by atoms with Crippen LogP contribution in [0.5, 0.6) is 0 Å². The third-order valence-corrected chi connectivity index (χ3v) is 5.11. The molecule has 1 fully saturated rings. The van der Waals surface area contributed by atoms with Crippen LogP contribution in [0.4, 0.5) is 0 Å². The van der Waals surface area contributed by atoms with Crippen LogP contribution < -0.4 is 0 Å². The van der Waals surface area contributed by atoms with Gasteiger partial charge >= 0.3 is 0 Å². The Morgan fingerprint density at radius 2 is 1.50 bits per heavy atom. The summed E-state index contributed by atoms with van der Waals surface area (Å²) < 4.78 is 0. The van der Waals surface area contributed by atoms with E-state index in [0.717, 1.165) is 0 Å². The van der Waals surface area contributed by atoms with Crippen molar-refractivity contribution >= 4 is 23.4 Å². The Labute approximate surface area is 159 Å². The lowest BCUT2D eigenvalue weighted by molar-refractivity contribution is -0.133. The molecule has 0 N–H and O–H groups in total. The SMILES string of the molecule is CC(CC(=O)N1CCN(C(=O)c2ccc(Cl)cc2)CC1)c1ccccc1. The number of rotatable bonds is 4. The summed E-state index contributed by atoms with van der Waals surface area (Å²) in [6.07, 6.45) is 0.495. The smallest absolute Gasteiger partial charge is 0.253 e. The van der Waals surface area contributed by atoms with Gasteiger partial charge in [-0.25, -0.2) is 0 Å². The first kappa shape index (κ1) is 18.5. The quantitative estimate of drug-likeness (QED) is 0.820. The first-order chi connectivity index (χ1) is 12.5. The fraction of sp³-hybridized carbons (Fsp3) is 0.333. The Morgan fingerprint density at radius 3 is 2.12 bits per heavy atom. The second-order valence-electron chi connectivity index (χ2n) is 6.70. The molecule has 1 heterocycles. The van der Waals surface area contributed by atoms with Gasteiger partial charge in [-0.15, -0.1) is 0 Å². The predicted octanol–water partition coefficient (Wildman–Crippen LogP) is 3.82. The third-order valence-electron chi connectivity index (χ3n) is 4.86. The number of piperazine rings is 1. The minimum Gasteiger partial charge on any atom is -0.339 e. The molecule has 0 aliphatic carbocycles. The number of hydrogen-bond donors (Lipinski definition) is 0. The molecule has 0 radical (unpaired) electrons. The topological polar surface area (TPSA) is 40.6 Å². The molecule has 2 aromatic carbocycles. The maximum atomic E-state index is 12.6. The number of carbonyl (C=O) groups excluding carboxylic acids is 2. The van der Waals surface area contributed by atoms with E-state index in [0.29, 0.717) is 43.2 Å². The zero-order chi connectivity index (χ0) is 18.5. The molecule has 1 aliphatic rings. The van der Waals surface area contributed by atoms with E-state index in [1.807, 2.05) is 23.1 Å². The lowest BCUT2D eigenvalue weighted by atomic mass is 9.97. The van der Waals surface area contributed by atoms with E-state index < -0.39 is 0 Å². The zero-order valence-corrected chi connectivity index (χ0v) is 15.7. The minimum absolute atomic E-state index is 0.00795. The van der Waals surface area contributed by atoms with E-state index in [1.54, 1.807) is 29.2 Å². The molecular formula is C21H23ClN2O2. The summed E-state index contributed by atoms with van der Waals surface area (Å²) >= 11 is 5.87. The molecule has 1 unspecified atom stereocenters. The third kappa shape index (κ3) is 4.44. The molecule has 0 bridgehead atoms. The van der Waals surface area contributed by atoms with Crippen molar-refractivity contribution in [2.75, 3.05) is 26.2 Å². The summed E-state index contributed by atoms with van der Waals surface area (Å²) in [6, 6.07) is 17.0. The average molecular weight is 371 g/mol. The van der Waals surface area contributed by atoms with Gasteiger partial charge in [-0.2, -0.15) is 0 Å². The van der Waals surface area contributed by atoms with Crippen molar-refractivity contribution in [1.82, 2.24) is 9.80 Å². The van der Waals surface area contributed by atoms with E-state index in [4.69, 9.17) is 11.6 Å². The molecule has 0 spiro atoms. The molecule has 5 heteroatoms. The summed E-state index contributed by atoms with van der Waals surface area (Å²) in [7, 11) is 0. The molecule has 1 atom stereocenters. The molecule has 1 aliphatic heterocycles. The summed E-state index contributed by atoms with van der Waals surface area (Å²) in [5.74, 6) is 0.337. The Balaban J connectivity index is 1.52. The number of carbonyl (C=O) groups is 2. The van der Waals surface area contributed by atoms with Crippen molar-refractivity contribution in [3.63, 3.8) is 0 Å². The normalized spacial score (nSPS) is 15.6. The monoisotopic (exact) mass is 370 g/mol. The molecule has 0 saturated carbocycles. The van der Waals surface area contributed by atoms with Crippen LogP contribution in [-0.2, 0) is 4.79 Å². The van der Waals surface area contributed by atoms with Gasteiger partial charge < -0.3 is 9.80 Å². The molecule has 3 rings (SSSR count). The average Bonchev–Trinajstić information content (AvgIpc) is 2.69. The second kappa shape index (κ2) is 8.37. The van der Waals surface area contributed by atoms with Gasteiger partial charge in [0.15, 0.2) is 0 Å². The highest BCUT2D eigenvalue weighted by Crippen LogP contribution is 2.20. The standard InChI is InChI=1S/C21H23ClN2O2/c1-16(17-5-3-2-4-6-17)15-20(25)23-11-13-24(14-12-23)21(26)18-7-9-19(22)10-8-18/h2-10,16H,11-15H2,1H3. The highest BCUT2D eigenvalue weighted by atomic mass is 35.5. The van der Waals surface area contributed by atoms with Crippen molar-refractivity contribution in [2.24, 2.45) is 0 Å². The molecule has 4 nitrogen and oxygen atoms in total. The molecule has 1 saturated heterocycles. The first-order valence-electron chi connectivity index (χ1n) is 8.92. The van der Waals surface area contributed by atoms with Crippen LogP contribution in [0.1, 0.15) is 35.2 Å². The van der Waals surface area contributed by atoms with Gasteiger partial charge in [-0.3, -0.25) is 9.59 Å². The van der Waals surface area contributed by atoms with Crippen LogP contribution in [0.3, 0.4) is 0 Å². The lowest BCUT2D eigenvalue weighted by Gasteiger charge is -2.35. The number of amides is 2. The van der Waals surface area contributed by atoms with Gasteiger partial charge in [0.1, 0.15) is 0 Å². The maximum absolute atomic E-state index is 12.6. The summed E-state index contributed by atoms with van der Waals surface area (Å²) in [4.78, 5) is 28.8. The van der Waals surface area contributed by atoms with Crippen LogP contribution in [0.25, 0.3) is 0 Å². The van der Waals surface area contributed by atoms with Crippen molar-refractivity contribution in [1.29, 1.82) is 0 Å². The predicted molar refractivity (Wildman–Crippen MR) is 103 cm³/mol. The van der Waals surface area contributed by atoms with E-state index in [-0.39, 0.29) is 17.7 Å². The van der Waals surface area contributed by atoms with Crippen molar-refractivity contribution in [3.05, 3.63) is 70.7 Å². The van der Waals surface area contributed by atoms with E-state index in [9.17, 15) is 9.59 Å². The zero-order valence-electron chi connectivity index (χ0n) is 14.9. The Bertz CT molecular complexity index is 753. The number of halogens is 1. The highest BCUT2D eigenvalue weighted by Gasteiger charge is 2.25. The van der Waals surface area contributed by atoms with Crippen LogP contribution in [0, 0.1) is 0 Å². The number of nitrogens with zero attached hydrogens (tertiary/aromatic N) is 2. The first-order valence-corrected chi connectivity index (χ1v) is 9.30. The van der Waals surface area contributed by atoms with Gasteiger partial charge in [-0.1, -0.05) is 48.9 Å². The van der Waals surface area contributed by atoms with Crippen LogP contribution >= 0.6 is 11.6 Å². The fourth-order valence-electron chi connectivity index (χ4n) is 3.22. The number of benzene rings is 2. The summed E-state index contributed by atoms with van der Waals surface area (Å²) in [5.41, 5.74) is 1.81. The Hall–Kier alpha value is -2.33. The lowest BCUT2D eigenvalue weighted by Crippen LogP contribution is -2.50. The van der Waals surface area contributed by atoms with Gasteiger partial charge in [0, 0.05) is 43.2 Å². The van der Waals surface area contributed by atoms with Gasteiger partial charge in [0.05, 0.1) is 0 Å². The summed E-state index contributed by atoms with van der Waals surface area (Å²) in [6.45, 7) is 4.37. The van der Waals surface area contributed by atoms with Crippen molar-refractivity contribution in [2.45, 2.75) is 19.3 Å². The molecule has 136 valence electrons. The molecule has 0 aromatic heterocycles. The van der Waals surface area contributed by atoms with Crippen molar-refractivity contribution < 1.29 is 9.59 Å². The fourth-order valence-corrected chi connectivity index (χ4v) is 3.35. The minimum atomic E-state index is -0.00795. The van der Waals surface area contributed by atoms with E-state index in [2.05, 4.69) is 19.1 Å². The van der Waals surface area contributed by atoms with E-state index >= 15 is 0 Å². The van der Waals surface area contributed by atoms with Crippen LogP contribution in [-0.4, -0.2) is 47.8 Å². The molecule has 2 aromatic rings. The molecular weight excluding hydrogens is 348 g/mol. The van der Waals surface area contributed by atoms with Gasteiger partial charge in [0.25, 0.3) is 5.91 Å². The van der Waals surface area contributed by atoms with Gasteiger partial charge in [-0.05, 0) is 35.7 Å². The molecule has 26 heavy (non-hydrogen) atoms. The molecule has 2 amide bonds. The van der Waals surface area contributed by atoms with Gasteiger partial charge in [0.2, 0.25) is 5.91 Å². The van der Waals surface area contributed by atoms with Crippen LogP contribution in [0.2, 0.25) is 5.02 Å². The second-order valence-corrected chi connectivity index (χ2v) is 7.13. The van der Waals surface area contributed by atoms with Crippen molar-refractivity contribution in [3.8, 4) is 0 Å². The van der Waals surface area contributed by atoms with Crippen LogP contribution in [0.15, 0.2) is 54.6 Å². The largest absolute Gasteiger partial charge is 0.339 e. The summed E-state index contributed by atoms with van der Waals surface area (Å²) in [5, 5.41) is 0.615.